The van der Waals surface area contributed by atoms with Gasteiger partial charge in [0.25, 0.3) is 0 Å². The molecule has 0 radical (unpaired) electrons. The highest BCUT2D eigenvalue weighted by atomic mass is 35.5. The Hall–Kier alpha value is -1.09. The molecule has 1 rings (SSSR count). The molecule has 0 aliphatic heterocycles. The zero-order valence-electron chi connectivity index (χ0n) is 9.36. The van der Waals surface area contributed by atoms with Gasteiger partial charge in [-0.05, 0) is 37.6 Å². The zero-order chi connectivity index (χ0) is 10.6. The van der Waals surface area contributed by atoms with Crippen molar-refractivity contribution < 1.29 is 0 Å². The molecule has 4 heteroatoms. The highest BCUT2D eigenvalue weighted by Gasteiger charge is 2.10. The molecule has 3 nitrogen and oxygen atoms in total. The minimum atomic E-state index is 0. The first-order valence-electron chi connectivity index (χ1n) is 4.92. The maximum absolute atomic E-state index is 10.7. The summed E-state index contributed by atoms with van der Waals surface area (Å²) in [5, 5.41) is 3.10. The number of aryl methyl sites for hydroxylation is 1. The van der Waals surface area contributed by atoms with E-state index in [-0.39, 0.29) is 12.4 Å². The summed E-state index contributed by atoms with van der Waals surface area (Å²) in [4.78, 5) is 12.8. The lowest BCUT2D eigenvalue weighted by atomic mass is 10.1. The Labute approximate surface area is 96.9 Å². The molecule has 0 saturated heterocycles. The van der Waals surface area contributed by atoms with Crippen molar-refractivity contribution in [2.24, 2.45) is 5.18 Å². The third-order valence-corrected chi connectivity index (χ3v) is 2.41. The summed E-state index contributed by atoms with van der Waals surface area (Å²) in [6.45, 7) is 7.83. The van der Waals surface area contributed by atoms with Gasteiger partial charge in [-0.15, -0.1) is 17.3 Å². The van der Waals surface area contributed by atoms with Crippen LogP contribution in [0.15, 0.2) is 23.4 Å². The van der Waals surface area contributed by atoms with Crippen LogP contribution in [-0.2, 0) is 0 Å². The zero-order valence-corrected chi connectivity index (χ0v) is 10.2. The van der Waals surface area contributed by atoms with Crippen LogP contribution in [0.3, 0.4) is 0 Å². The molecule has 15 heavy (non-hydrogen) atoms. The van der Waals surface area contributed by atoms with Gasteiger partial charge in [-0.25, -0.2) is 0 Å². The fourth-order valence-corrected chi connectivity index (χ4v) is 1.58. The number of hydrogen-bond acceptors (Lipinski definition) is 3. The number of nitroso groups, excluding NO2 is 1. The normalized spacial score (nSPS) is 9.27. The van der Waals surface area contributed by atoms with Crippen molar-refractivity contribution in [1.82, 2.24) is 0 Å². The summed E-state index contributed by atoms with van der Waals surface area (Å²) in [7, 11) is 0. The quantitative estimate of drug-likeness (QED) is 0.737. The largest absolute Gasteiger partial charge is 0.370 e. The Balaban J connectivity index is 0.00000196. The molecule has 0 aliphatic rings. The van der Waals surface area contributed by atoms with Gasteiger partial charge in [0.2, 0.25) is 0 Å². The highest BCUT2D eigenvalue weighted by molar-refractivity contribution is 5.85. The van der Waals surface area contributed by atoms with Crippen molar-refractivity contribution in [3.8, 4) is 0 Å². The lowest BCUT2D eigenvalue weighted by Crippen LogP contribution is -2.21. The minimum absolute atomic E-state index is 0. The maximum atomic E-state index is 10.7. The van der Waals surface area contributed by atoms with Crippen LogP contribution in [0.5, 0.6) is 0 Å². The predicted molar refractivity (Wildman–Crippen MR) is 67.4 cm³/mol. The number of rotatable bonds is 4. The van der Waals surface area contributed by atoms with Gasteiger partial charge in [0, 0.05) is 13.1 Å². The minimum Gasteiger partial charge on any atom is -0.370 e. The van der Waals surface area contributed by atoms with Crippen molar-refractivity contribution in [3.05, 3.63) is 28.7 Å². The summed E-state index contributed by atoms with van der Waals surface area (Å²) in [5.74, 6) is 0. The molecule has 1 aromatic rings. The summed E-state index contributed by atoms with van der Waals surface area (Å²) in [6, 6.07) is 5.80. The Morgan fingerprint density at radius 3 is 2.33 bits per heavy atom. The molecule has 0 unspecified atom stereocenters. The van der Waals surface area contributed by atoms with E-state index in [1.807, 2.05) is 25.1 Å². The van der Waals surface area contributed by atoms with Crippen LogP contribution >= 0.6 is 12.4 Å². The monoisotopic (exact) mass is 228 g/mol. The molecule has 0 N–H and O–H groups in total. The van der Waals surface area contributed by atoms with Gasteiger partial charge in [0.05, 0.1) is 5.69 Å². The molecule has 0 atom stereocenters. The van der Waals surface area contributed by atoms with E-state index >= 15 is 0 Å². The second kappa shape index (κ2) is 6.40. The second-order valence-electron chi connectivity index (χ2n) is 3.21. The molecular formula is C11H17ClN2O. The molecule has 0 spiro atoms. The number of benzene rings is 1. The van der Waals surface area contributed by atoms with Gasteiger partial charge in [-0.2, -0.15) is 0 Å². The summed E-state index contributed by atoms with van der Waals surface area (Å²) in [5.41, 5.74) is 2.44. The molecule has 0 amide bonds. The van der Waals surface area contributed by atoms with E-state index in [0.717, 1.165) is 24.3 Å². The van der Waals surface area contributed by atoms with Gasteiger partial charge in [-0.3, -0.25) is 0 Å². The molecule has 0 fully saturated rings. The fourth-order valence-electron chi connectivity index (χ4n) is 1.58. The van der Waals surface area contributed by atoms with Crippen LogP contribution in [0, 0.1) is 11.8 Å². The lowest BCUT2D eigenvalue weighted by Gasteiger charge is -2.22. The Morgan fingerprint density at radius 2 is 1.87 bits per heavy atom. The van der Waals surface area contributed by atoms with Gasteiger partial charge < -0.3 is 4.90 Å². The molecule has 0 aliphatic carbocycles. The standard InChI is InChI=1S/C11H16N2O.ClH/c1-4-13(5-2)10-8-6-7-9(3)11(10)12-14;/h6-8H,4-5H2,1-3H3;1H. The average Bonchev–Trinajstić information content (AvgIpc) is 2.20. The van der Waals surface area contributed by atoms with Gasteiger partial charge in [0.15, 0.2) is 0 Å². The molecule has 1 aromatic carbocycles. The van der Waals surface area contributed by atoms with Gasteiger partial charge >= 0.3 is 0 Å². The average molecular weight is 229 g/mol. The maximum Gasteiger partial charge on any atom is 0.134 e. The number of nitrogens with zero attached hydrogens (tertiary/aromatic N) is 2. The second-order valence-corrected chi connectivity index (χ2v) is 3.21. The third kappa shape index (κ3) is 2.93. The van der Waals surface area contributed by atoms with Crippen molar-refractivity contribution in [2.45, 2.75) is 20.8 Å². The van der Waals surface area contributed by atoms with E-state index in [0.29, 0.717) is 5.69 Å². The van der Waals surface area contributed by atoms with Crippen LogP contribution in [0.4, 0.5) is 11.4 Å². The lowest BCUT2D eigenvalue weighted by molar-refractivity contribution is 0.865. The Morgan fingerprint density at radius 1 is 1.27 bits per heavy atom. The topological polar surface area (TPSA) is 32.7 Å². The number of hydrogen-bond donors (Lipinski definition) is 0. The third-order valence-electron chi connectivity index (χ3n) is 2.41. The summed E-state index contributed by atoms with van der Waals surface area (Å²) in [6.07, 6.45) is 0. The van der Waals surface area contributed by atoms with Crippen molar-refractivity contribution >= 4 is 23.8 Å². The summed E-state index contributed by atoms with van der Waals surface area (Å²) >= 11 is 0. The molecule has 0 saturated carbocycles. The fraction of sp³-hybridized carbons (Fsp3) is 0.455. The molecular weight excluding hydrogens is 212 g/mol. The van der Waals surface area contributed by atoms with Crippen LogP contribution in [0.25, 0.3) is 0 Å². The SMILES string of the molecule is CCN(CC)c1cccc(C)c1N=O.Cl. The van der Waals surface area contributed by atoms with E-state index in [1.54, 1.807) is 0 Å². The first-order chi connectivity index (χ1) is 6.74. The first kappa shape index (κ1) is 13.9. The van der Waals surface area contributed by atoms with E-state index in [9.17, 15) is 4.91 Å². The van der Waals surface area contributed by atoms with E-state index in [2.05, 4.69) is 23.9 Å². The Kier molecular flexibility index (Phi) is 5.94. The Bertz CT molecular complexity index is 324. The van der Waals surface area contributed by atoms with Crippen molar-refractivity contribution in [2.75, 3.05) is 18.0 Å². The van der Waals surface area contributed by atoms with Crippen LogP contribution < -0.4 is 4.90 Å². The van der Waals surface area contributed by atoms with Crippen molar-refractivity contribution in [1.29, 1.82) is 0 Å². The van der Waals surface area contributed by atoms with E-state index in [1.165, 1.54) is 0 Å². The molecule has 0 bridgehead atoms. The first-order valence-corrected chi connectivity index (χ1v) is 4.92. The van der Waals surface area contributed by atoms with Crippen LogP contribution in [0.2, 0.25) is 0 Å². The van der Waals surface area contributed by atoms with Gasteiger partial charge in [-0.1, -0.05) is 12.1 Å². The molecule has 84 valence electrons. The number of halogens is 1. The van der Waals surface area contributed by atoms with Crippen LogP contribution in [0.1, 0.15) is 19.4 Å². The van der Waals surface area contributed by atoms with Crippen LogP contribution in [-0.4, -0.2) is 13.1 Å². The summed E-state index contributed by atoms with van der Waals surface area (Å²) < 4.78 is 0. The smallest absolute Gasteiger partial charge is 0.134 e. The molecule has 0 heterocycles. The number of anilines is 1. The predicted octanol–water partition coefficient (Wildman–Crippen LogP) is 3.66. The van der Waals surface area contributed by atoms with E-state index in [4.69, 9.17) is 0 Å². The molecule has 0 aromatic heterocycles. The van der Waals surface area contributed by atoms with Gasteiger partial charge in [0.1, 0.15) is 5.69 Å². The van der Waals surface area contributed by atoms with Crippen molar-refractivity contribution in [3.63, 3.8) is 0 Å². The highest BCUT2D eigenvalue weighted by Crippen LogP contribution is 2.31. The van der Waals surface area contributed by atoms with E-state index < -0.39 is 0 Å².